The van der Waals surface area contributed by atoms with Crippen LogP contribution in [0.4, 0.5) is 0 Å². The van der Waals surface area contributed by atoms with Gasteiger partial charge in [-0.25, -0.2) is 8.42 Å². The van der Waals surface area contributed by atoms with Crippen molar-refractivity contribution in [1.29, 1.82) is 0 Å². The second kappa shape index (κ2) is 7.50. The van der Waals surface area contributed by atoms with Gasteiger partial charge in [0.2, 0.25) is 10.0 Å². The Morgan fingerprint density at radius 3 is 2.33 bits per heavy atom. The van der Waals surface area contributed by atoms with E-state index in [1.165, 1.54) is 16.0 Å². The van der Waals surface area contributed by atoms with Gasteiger partial charge in [0.15, 0.2) is 11.5 Å². The molecule has 0 atom stereocenters. The number of nitrogens with one attached hydrogen (secondary N) is 1. The Balaban J connectivity index is 1.41. The summed E-state index contributed by atoms with van der Waals surface area (Å²) in [6, 6.07) is 13.4. The molecule has 1 N–H and O–H groups in total. The molecule has 0 aromatic heterocycles. The third-order valence-corrected chi connectivity index (χ3v) is 7.05. The first-order valence-corrected chi connectivity index (χ1v) is 10.8. The number of quaternary nitrogens is 1. The molecule has 4 rings (SSSR count). The van der Waals surface area contributed by atoms with E-state index in [0.29, 0.717) is 37.8 Å². The van der Waals surface area contributed by atoms with Gasteiger partial charge in [-0.3, -0.25) is 0 Å². The van der Waals surface area contributed by atoms with Gasteiger partial charge in [0, 0.05) is 11.6 Å². The molecule has 0 saturated carbocycles. The van der Waals surface area contributed by atoms with Gasteiger partial charge in [0.05, 0.1) is 31.1 Å². The fraction of sp³-hybridized carbons (Fsp3) is 0.400. The molecule has 2 aliphatic heterocycles. The van der Waals surface area contributed by atoms with Crippen molar-refractivity contribution in [2.75, 3.05) is 39.4 Å². The number of ether oxygens (including phenoxy) is 2. The minimum atomic E-state index is -3.51. The maximum absolute atomic E-state index is 13.0. The average molecular weight is 389 g/mol. The van der Waals surface area contributed by atoms with Crippen LogP contribution < -0.4 is 14.4 Å². The van der Waals surface area contributed by atoms with Gasteiger partial charge in [-0.2, -0.15) is 4.31 Å². The van der Waals surface area contributed by atoms with Gasteiger partial charge < -0.3 is 14.4 Å². The highest BCUT2D eigenvalue weighted by atomic mass is 32.2. The minimum Gasteiger partial charge on any atom is -0.486 e. The molecule has 2 heterocycles. The Hall–Kier alpha value is -2.09. The Morgan fingerprint density at radius 2 is 1.63 bits per heavy atom. The summed E-state index contributed by atoms with van der Waals surface area (Å²) in [5, 5.41) is 0. The summed E-state index contributed by atoms with van der Waals surface area (Å²) in [6.07, 6.45) is 0. The maximum Gasteiger partial charge on any atom is 0.243 e. The van der Waals surface area contributed by atoms with E-state index in [1.54, 1.807) is 22.5 Å². The molecule has 1 saturated heterocycles. The minimum absolute atomic E-state index is 0.272. The van der Waals surface area contributed by atoms with E-state index in [4.69, 9.17) is 9.47 Å². The topological polar surface area (TPSA) is 60.3 Å². The monoisotopic (exact) mass is 389 g/mol. The number of piperazine rings is 1. The summed E-state index contributed by atoms with van der Waals surface area (Å²) in [5.74, 6) is 1.11. The number of nitrogens with zero attached hydrogens (tertiary/aromatic N) is 1. The van der Waals surface area contributed by atoms with E-state index in [-0.39, 0.29) is 4.90 Å². The van der Waals surface area contributed by atoms with E-state index in [1.807, 2.05) is 0 Å². The molecule has 0 amide bonds. The predicted octanol–water partition coefficient (Wildman–Crippen LogP) is 0.856. The van der Waals surface area contributed by atoms with E-state index < -0.39 is 10.0 Å². The molecular formula is C20H25N2O4S+. The summed E-state index contributed by atoms with van der Waals surface area (Å²) in [7, 11) is -3.51. The molecule has 2 aliphatic rings. The molecule has 144 valence electrons. The number of benzene rings is 2. The fourth-order valence-electron chi connectivity index (χ4n) is 3.55. The molecule has 1 fully saturated rings. The normalized spacial score (nSPS) is 18.4. The summed E-state index contributed by atoms with van der Waals surface area (Å²) in [6.45, 7) is 6.60. The Bertz CT molecular complexity index is 904. The molecule has 2 aromatic carbocycles. The van der Waals surface area contributed by atoms with Crippen molar-refractivity contribution in [2.45, 2.75) is 18.4 Å². The number of rotatable bonds is 4. The third-order valence-electron chi connectivity index (χ3n) is 5.16. The van der Waals surface area contributed by atoms with Crippen LogP contribution in [0, 0.1) is 6.92 Å². The Kier molecular flexibility index (Phi) is 5.08. The summed E-state index contributed by atoms with van der Waals surface area (Å²) < 4.78 is 38.6. The lowest BCUT2D eigenvalue weighted by Crippen LogP contribution is -3.13. The number of hydrogen-bond acceptors (Lipinski definition) is 4. The van der Waals surface area contributed by atoms with Crippen LogP contribution in [0.3, 0.4) is 0 Å². The molecule has 27 heavy (non-hydrogen) atoms. The summed E-state index contributed by atoms with van der Waals surface area (Å²) in [5.41, 5.74) is 2.54. The van der Waals surface area contributed by atoms with Gasteiger partial charge in [-0.1, -0.05) is 29.8 Å². The van der Waals surface area contributed by atoms with Crippen LogP contribution in [0.5, 0.6) is 11.5 Å². The van der Waals surface area contributed by atoms with Crippen molar-refractivity contribution in [3.8, 4) is 11.5 Å². The maximum atomic E-state index is 13.0. The molecule has 7 heteroatoms. The van der Waals surface area contributed by atoms with E-state index in [0.717, 1.165) is 19.6 Å². The van der Waals surface area contributed by atoms with Crippen molar-refractivity contribution < 1.29 is 22.8 Å². The van der Waals surface area contributed by atoms with Crippen LogP contribution in [-0.4, -0.2) is 52.1 Å². The molecular weight excluding hydrogens is 364 g/mol. The lowest BCUT2D eigenvalue weighted by molar-refractivity contribution is -0.917. The number of fused-ring (bicyclic) bond motifs is 1. The Morgan fingerprint density at radius 1 is 0.963 bits per heavy atom. The molecule has 0 spiro atoms. The first-order valence-electron chi connectivity index (χ1n) is 9.31. The van der Waals surface area contributed by atoms with Gasteiger partial charge >= 0.3 is 0 Å². The zero-order valence-electron chi connectivity index (χ0n) is 15.5. The van der Waals surface area contributed by atoms with Gasteiger partial charge in [-0.05, 0) is 19.1 Å². The number of sulfonamides is 1. The van der Waals surface area contributed by atoms with E-state index >= 15 is 0 Å². The molecule has 0 radical (unpaired) electrons. The zero-order valence-corrected chi connectivity index (χ0v) is 16.3. The van der Waals surface area contributed by atoms with Gasteiger partial charge in [-0.15, -0.1) is 0 Å². The number of hydrogen-bond donors (Lipinski definition) is 1. The van der Waals surface area contributed by atoms with E-state index in [9.17, 15) is 8.42 Å². The van der Waals surface area contributed by atoms with Crippen molar-refractivity contribution in [3.05, 3.63) is 53.6 Å². The summed E-state index contributed by atoms with van der Waals surface area (Å²) >= 11 is 0. The van der Waals surface area contributed by atoms with Crippen LogP contribution in [0.1, 0.15) is 11.1 Å². The second-order valence-electron chi connectivity index (χ2n) is 7.12. The highest BCUT2D eigenvalue weighted by molar-refractivity contribution is 7.89. The quantitative estimate of drug-likeness (QED) is 0.843. The van der Waals surface area contributed by atoms with Crippen LogP contribution in [0.25, 0.3) is 0 Å². The van der Waals surface area contributed by atoms with Gasteiger partial charge in [0.25, 0.3) is 0 Å². The first kappa shape index (κ1) is 18.3. The van der Waals surface area contributed by atoms with E-state index in [2.05, 4.69) is 31.2 Å². The van der Waals surface area contributed by atoms with Crippen LogP contribution in [0.15, 0.2) is 47.4 Å². The number of aryl methyl sites for hydroxylation is 1. The molecule has 6 nitrogen and oxygen atoms in total. The van der Waals surface area contributed by atoms with Crippen molar-refractivity contribution in [3.63, 3.8) is 0 Å². The lowest BCUT2D eigenvalue weighted by Gasteiger charge is -2.31. The molecule has 0 aliphatic carbocycles. The lowest BCUT2D eigenvalue weighted by atomic mass is 10.1. The highest BCUT2D eigenvalue weighted by Gasteiger charge is 2.31. The smallest absolute Gasteiger partial charge is 0.243 e. The first-order chi connectivity index (χ1) is 13.0. The zero-order chi connectivity index (χ0) is 18.9. The predicted molar refractivity (Wildman–Crippen MR) is 102 cm³/mol. The fourth-order valence-corrected chi connectivity index (χ4v) is 5.00. The van der Waals surface area contributed by atoms with Crippen LogP contribution >= 0.6 is 0 Å². The van der Waals surface area contributed by atoms with Crippen LogP contribution in [-0.2, 0) is 16.6 Å². The highest BCUT2D eigenvalue weighted by Crippen LogP contribution is 2.33. The third kappa shape index (κ3) is 3.95. The molecule has 0 bridgehead atoms. The van der Waals surface area contributed by atoms with Crippen molar-refractivity contribution >= 4 is 10.0 Å². The average Bonchev–Trinajstić information content (AvgIpc) is 2.70. The van der Waals surface area contributed by atoms with Crippen molar-refractivity contribution in [2.24, 2.45) is 0 Å². The van der Waals surface area contributed by atoms with Crippen molar-refractivity contribution in [1.82, 2.24) is 4.31 Å². The standard InChI is InChI=1S/C20H24N2O4S/c1-16-2-4-17(5-3-16)15-21-8-10-22(11-9-21)27(23,24)18-6-7-19-20(14-18)26-13-12-25-19/h2-7,14H,8-13,15H2,1H3/p+1. The second-order valence-corrected chi connectivity index (χ2v) is 9.06. The Labute approximate surface area is 160 Å². The largest absolute Gasteiger partial charge is 0.486 e. The van der Waals surface area contributed by atoms with Gasteiger partial charge in [0.1, 0.15) is 19.8 Å². The molecule has 0 unspecified atom stereocenters. The summed E-state index contributed by atoms with van der Waals surface area (Å²) in [4.78, 5) is 1.68. The molecule has 2 aromatic rings. The van der Waals surface area contributed by atoms with Crippen LogP contribution in [0.2, 0.25) is 0 Å². The SMILES string of the molecule is Cc1ccc(C[NH+]2CCN(S(=O)(=O)c3ccc4c(c3)OCCO4)CC2)cc1.